The van der Waals surface area contributed by atoms with Gasteiger partial charge in [0.25, 0.3) is 0 Å². The van der Waals surface area contributed by atoms with Crippen molar-refractivity contribution in [1.82, 2.24) is 4.90 Å². The summed E-state index contributed by atoms with van der Waals surface area (Å²) in [7, 11) is 0. The van der Waals surface area contributed by atoms with Crippen LogP contribution < -0.4 is 10.2 Å². The number of carbonyl (C=O) groups excluding carboxylic acids is 2. The Morgan fingerprint density at radius 2 is 1.67 bits per heavy atom. The van der Waals surface area contributed by atoms with Crippen LogP contribution in [0.1, 0.15) is 12.0 Å². The second-order valence-electron chi connectivity index (χ2n) is 7.46. The lowest BCUT2D eigenvalue weighted by atomic mass is 10.2. The number of aryl methyl sites for hydroxylation is 1. The molecule has 140 valence electrons. The van der Waals surface area contributed by atoms with Gasteiger partial charge < -0.3 is 15.1 Å². The Morgan fingerprint density at radius 1 is 0.926 bits per heavy atom. The maximum Gasteiger partial charge on any atom is 0.228 e. The molecule has 1 saturated carbocycles. The maximum absolute atomic E-state index is 12.8. The molecule has 4 rings (SSSR count). The molecular weight excluding hydrogens is 338 g/mol. The number of piperazine rings is 1. The van der Waals surface area contributed by atoms with Crippen molar-refractivity contribution in [3.8, 4) is 0 Å². The van der Waals surface area contributed by atoms with Gasteiger partial charge in [0.2, 0.25) is 11.8 Å². The average Bonchev–Trinajstić information content (AvgIpc) is 3.49. The molecule has 0 radical (unpaired) electrons. The lowest BCUT2D eigenvalue weighted by molar-refractivity contribution is -0.134. The minimum atomic E-state index is -0.190. The van der Waals surface area contributed by atoms with Crippen molar-refractivity contribution in [1.29, 1.82) is 0 Å². The van der Waals surface area contributed by atoms with Crippen LogP contribution >= 0.6 is 0 Å². The summed E-state index contributed by atoms with van der Waals surface area (Å²) < 4.78 is 0. The molecule has 0 bridgehead atoms. The SMILES string of the molecule is Cc1cccc(NC(=O)C2CC2C(=O)N2CCN(c3ccccc3)CC2)c1. The van der Waals surface area contributed by atoms with Gasteiger partial charge in [-0.2, -0.15) is 0 Å². The zero-order chi connectivity index (χ0) is 18.8. The van der Waals surface area contributed by atoms with Crippen LogP contribution in [0, 0.1) is 18.8 Å². The second kappa shape index (κ2) is 7.43. The Labute approximate surface area is 160 Å². The first kappa shape index (κ1) is 17.6. The second-order valence-corrected chi connectivity index (χ2v) is 7.46. The molecule has 0 spiro atoms. The number of anilines is 2. The first-order chi connectivity index (χ1) is 13.1. The van der Waals surface area contributed by atoms with Gasteiger partial charge in [-0.15, -0.1) is 0 Å². The summed E-state index contributed by atoms with van der Waals surface area (Å²) in [4.78, 5) is 29.4. The van der Waals surface area contributed by atoms with E-state index in [0.717, 1.165) is 37.4 Å². The molecular formula is C22H25N3O2. The van der Waals surface area contributed by atoms with Crippen LogP contribution in [-0.2, 0) is 9.59 Å². The molecule has 2 fully saturated rings. The predicted molar refractivity (Wildman–Crippen MR) is 107 cm³/mol. The maximum atomic E-state index is 12.8. The van der Waals surface area contributed by atoms with Gasteiger partial charge in [0.15, 0.2) is 0 Å². The van der Waals surface area contributed by atoms with Gasteiger partial charge in [-0.1, -0.05) is 30.3 Å². The molecule has 2 aliphatic rings. The van der Waals surface area contributed by atoms with Crippen LogP contribution in [0.15, 0.2) is 54.6 Å². The lowest BCUT2D eigenvalue weighted by Crippen LogP contribution is -2.49. The van der Waals surface area contributed by atoms with E-state index >= 15 is 0 Å². The van der Waals surface area contributed by atoms with E-state index in [1.165, 1.54) is 5.69 Å². The van der Waals surface area contributed by atoms with Gasteiger partial charge >= 0.3 is 0 Å². The Bertz CT molecular complexity index is 828. The van der Waals surface area contributed by atoms with Crippen LogP contribution in [0.25, 0.3) is 0 Å². The molecule has 1 N–H and O–H groups in total. The topological polar surface area (TPSA) is 52.7 Å². The highest BCUT2D eigenvalue weighted by Crippen LogP contribution is 2.41. The number of benzene rings is 2. The standard InChI is InChI=1S/C22H25N3O2/c1-16-6-5-7-17(14-16)23-21(26)19-15-20(19)22(27)25-12-10-24(11-13-25)18-8-3-2-4-9-18/h2-9,14,19-20H,10-13,15H2,1H3,(H,23,26). The molecule has 2 aromatic carbocycles. The Kier molecular flexibility index (Phi) is 4.84. The Morgan fingerprint density at radius 3 is 2.37 bits per heavy atom. The van der Waals surface area contributed by atoms with Crippen LogP contribution in [0.5, 0.6) is 0 Å². The summed E-state index contributed by atoms with van der Waals surface area (Å²) in [5.41, 5.74) is 3.11. The summed E-state index contributed by atoms with van der Waals surface area (Å²) >= 11 is 0. The number of carbonyl (C=O) groups is 2. The number of rotatable bonds is 4. The van der Waals surface area contributed by atoms with Crippen LogP contribution in [0.4, 0.5) is 11.4 Å². The summed E-state index contributed by atoms with van der Waals surface area (Å²) in [6, 6.07) is 18.0. The van der Waals surface area contributed by atoms with Crippen molar-refractivity contribution in [3.63, 3.8) is 0 Å². The Balaban J connectivity index is 1.28. The average molecular weight is 363 g/mol. The summed E-state index contributed by atoms with van der Waals surface area (Å²) in [5, 5.41) is 2.94. The van der Waals surface area contributed by atoms with E-state index in [4.69, 9.17) is 0 Å². The molecule has 1 saturated heterocycles. The first-order valence-electron chi connectivity index (χ1n) is 9.58. The molecule has 1 heterocycles. The van der Waals surface area contributed by atoms with Crippen LogP contribution in [0.3, 0.4) is 0 Å². The van der Waals surface area contributed by atoms with Gasteiger partial charge in [-0.3, -0.25) is 9.59 Å². The quantitative estimate of drug-likeness (QED) is 0.909. The molecule has 27 heavy (non-hydrogen) atoms. The van der Waals surface area contributed by atoms with E-state index in [2.05, 4.69) is 22.3 Å². The highest BCUT2D eigenvalue weighted by molar-refractivity contribution is 5.99. The largest absolute Gasteiger partial charge is 0.368 e. The fraction of sp³-hybridized carbons (Fsp3) is 0.364. The fourth-order valence-electron chi connectivity index (χ4n) is 3.77. The highest BCUT2D eigenvalue weighted by Gasteiger charge is 2.49. The third-order valence-electron chi connectivity index (χ3n) is 5.44. The van der Waals surface area contributed by atoms with Crippen molar-refractivity contribution in [2.45, 2.75) is 13.3 Å². The van der Waals surface area contributed by atoms with Crippen LogP contribution in [-0.4, -0.2) is 42.9 Å². The molecule has 1 aliphatic heterocycles. The van der Waals surface area contributed by atoms with E-state index in [0.29, 0.717) is 6.42 Å². The third-order valence-corrected chi connectivity index (χ3v) is 5.44. The number of amides is 2. The highest BCUT2D eigenvalue weighted by atomic mass is 16.2. The number of nitrogens with one attached hydrogen (secondary N) is 1. The van der Waals surface area contributed by atoms with Crippen molar-refractivity contribution in [2.75, 3.05) is 36.4 Å². The molecule has 0 aromatic heterocycles. The molecule has 2 aromatic rings. The zero-order valence-electron chi connectivity index (χ0n) is 15.6. The van der Waals surface area contributed by atoms with Gasteiger partial charge in [0.1, 0.15) is 0 Å². The van der Waals surface area contributed by atoms with Crippen molar-refractivity contribution >= 4 is 23.2 Å². The minimum Gasteiger partial charge on any atom is -0.368 e. The molecule has 5 nitrogen and oxygen atoms in total. The van der Waals surface area contributed by atoms with Crippen molar-refractivity contribution < 1.29 is 9.59 Å². The van der Waals surface area contributed by atoms with Crippen molar-refractivity contribution in [3.05, 3.63) is 60.2 Å². The number of hydrogen-bond donors (Lipinski definition) is 1. The monoisotopic (exact) mass is 363 g/mol. The van der Waals surface area contributed by atoms with E-state index < -0.39 is 0 Å². The molecule has 2 atom stereocenters. The minimum absolute atomic E-state index is 0.0399. The summed E-state index contributed by atoms with van der Waals surface area (Å²) in [6.45, 7) is 5.10. The first-order valence-corrected chi connectivity index (χ1v) is 9.58. The summed E-state index contributed by atoms with van der Waals surface area (Å²) in [5.74, 6) is -0.253. The number of para-hydroxylation sites is 1. The van der Waals surface area contributed by atoms with Gasteiger partial charge in [0.05, 0.1) is 11.8 Å². The molecule has 5 heteroatoms. The predicted octanol–water partition coefficient (Wildman–Crippen LogP) is 2.92. The molecule has 2 amide bonds. The van der Waals surface area contributed by atoms with E-state index in [1.807, 2.05) is 54.3 Å². The van der Waals surface area contributed by atoms with Crippen LogP contribution in [0.2, 0.25) is 0 Å². The third kappa shape index (κ3) is 3.97. The van der Waals surface area contributed by atoms with Gasteiger partial charge in [-0.25, -0.2) is 0 Å². The molecule has 1 aliphatic carbocycles. The fourth-order valence-corrected chi connectivity index (χ4v) is 3.77. The van der Waals surface area contributed by atoms with E-state index in [1.54, 1.807) is 0 Å². The lowest BCUT2D eigenvalue weighted by Gasteiger charge is -2.36. The Hall–Kier alpha value is -2.82. The van der Waals surface area contributed by atoms with Gasteiger partial charge in [0, 0.05) is 37.6 Å². The van der Waals surface area contributed by atoms with Gasteiger partial charge in [-0.05, 0) is 43.2 Å². The number of hydrogen-bond acceptors (Lipinski definition) is 3. The van der Waals surface area contributed by atoms with E-state index in [-0.39, 0.29) is 23.7 Å². The smallest absolute Gasteiger partial charge is 0.228 e. The normalized spacial score (nSPS) is 21.7. The summed E-state index contributed by atoms with van der Waals surface area (Å²) in [6.07, 6.45) is 0.662. The van der Waals surface area contributed by atoms with E-state index in [9.17, 15) is 9.59 Å². The van der Waals surface area contributed by atoms with Crippen molar-refractivity contribution in [2.24, 2.45) is 11.8 Å². The zero-order valence-corrected chi connectivity index (χ0v) is 15.6. The number of nitrogens with zero attached hydrogens (tertiary/aromatic N) is 2. The molecule has 2 unspecified atom stereocenters.